The number of carbonyl (C=O) groups is 1. The average molecular weight is 243 g/mol. The number of amides is 1. The van der Waals surface area contributed by atoms with Gasteiger partial charge in [0.05, 0.1) is 6.42 Å². The third-order valence-corrected chi connectivity index (χ3v) is 2.50. The Kier molecular flexibility index (Phi) is 3.43. The van der Waals surface area contributed by atoms with Crippen LogP contribution in [0.2, 0.25) is 0 Å². The fourth-order valence-corrected chi connectivity index (χ4v) is 1.67. The van der Waals surface area contributed by atoms with Gasteiger partial charge in [-0.1, -0.05) is 35.5 Å². The third kappa shape index (κ3) is 2.76. The molecule has 2 aromatic rings. The van der Waals surface area contributed by atoms with Crippen LogP contribution >= 0.6 is 0 Å². The van der Waals surface area contributed by atoms with E-state index >= 15 is 0 Å². The Morgan fingerprint density at radius 1 is 1.22 bits per heavy atom. The van der Waals surface area contributed by atoms with Crippen LogP contribution in [0.25, 0.3) is 10.8 Å². The minimum absolute atomic E-state index is 0.117. The second kappa shape index (κ2) is 5.18. The molecule has 2 aromatic carbocycles. The molecule has 0 fully saturated rings. The minimum Gasteiger partial charge on any atom is -0.409 e. The molecule has 0 saturated carbocycles. The summed E-state index contributed by atoms with van der Waals surface area (Å²) in [6.45, 7) is 0. The maximum atomic E-state index is 11.5. The van der Waals surface area contributed by atoms with Crippen molar-refractivity contribution >= 4 is 28.2 Å². The molecule has 4 N–H and O–H groups in total. The fraction of sp³-hybridized carbons (Fsp3) is 0.0769. The number of rotatable bonds is 3. The Morgan fingerprint density at radius 2 is 1.94 bits per heavy atom. The van der Waals surface area contributed by atoms with Crippen molar-refractivity contribution in [2.45, 2.75) is 6.42 Å². The van der Waals surface area contributed by atoms with Crippen LogP contribution in [0.1, 0.15) is 6.42 Å². The van der Waals surface area contributed by atoms with Gasteiger partial charge in [-0.05, 0) is 22.9 Å². The first-order valence-corrected chi connectivity index (χ1v) is 5.44. The highest BCUT2D eigenvalue weighted by atomic mass is 16.4. The summed E-state index contributed by atoms with van der Waals surface area (Å²) in [5.41, 5.74) is 5.94. The van der Waals surface area contributed by atoms with Crippen LogP contribution in [-0.2, 0) is 4.79 Å². The lowest BCUT2D eigenvalue weighted by atomic mass is 10.1. The van der Waals surface area contributed by atoms with E-state index in [0.717, 1.165) is 10.8 Å². The zero-order valence-corrected chi connectivity index (χ0v) is 9.63. The Hall–Kier alpha value is -2.56. The van der Waals surface area contributed by atoms with Crippen molar-refractivity contribution in [1.82, 2.24) is 0 Å². The molecule has 0 unspecified atom stereocenters. The molecular formula is C13H13N3O2. The summed E-state index contributed by atoms with van der Waals surface area (Å²) in [6.07, 6.45) is -0.136. The summed E-state index contributed by atoms with van der Waals surface area (Å²) >= 11 is 0. The minimum atomic E-state index is -0.319. The van der Waals surface area contributed by atoms with E-state index in [0.29, 0.717) is 5.69 Å². The van der Waals surface area contributed by atoms with Crippen molar-refractivity contribution in [1.29, 1.82) is 0 Å². The predicted molar refractivity (Wildman–Crippen MR) is 70.6 cm³/mol. The number of amidine groups is 1. The molecule has 0 bridgehead atoms. The number of fused-ring (bicyclic) bond motifs is 1. The van der Waals surface area contributed by atoms with Gasteiger partial charge < -0.3 is 16.3 Å². The number of hydrogen-bond donors (Lipinski definition) is 3. The van der Waals surface area contributed by atoms with Crippen molar-refractivity contribution in [2.75, 3.05) is 5.32 Å². The standard InChI is InChI=1S/C13H13N3O2/c14-12(16-18)8-13(17)15-11-6-5-9-3-1-2-4-10(9)7-11/h1-7,18H,8H2,(H2,14,16)(H,15,17). The predicted octanol–water partition coefficient (Wildman–Crippen LogP) is 1.91. The summed E-state index contributed by atoms with van der Waals surface area (Å²) < 4.78 is 0. The molecule has 92 valence electrons. The van der Waals surface area contributed by atoms with E-state index in [1.165, 1.54) is 0 Å². The number of oxime groups is 1. The number of anilines is 1. The Balaban J connectivity index is 2.14. The molecular weight excluding hydrogens is 230 g/mol. The average Bonchev–Trinajstić information content (AvgIpc) is 2.38. The number of benzene rings is 2. The number of nitrogens with zero attached hydrogens (tertiary/aromatic N) is 1. The quantitative estimate of drug-likeness (QED) is 0.333. The van der Waals surface area contributed by atoms with Gasteiger partial charge >= 0.3 is 0 Å². The van der Waals surface area contributed by atoms with Gasteiger partial charge in [0.25, 0.3) is 0 Å². The maximum Gasteiger partial charge on any atom is 0.232 e. The van der Waals surface area contributed by atoms with Crippen LogP contribution in [0.15, 0.2) is 47.6 Å². The van der Waals surface area contributed by atoms with Gasteiger partial charge in [0.1, 0.15) is 5.84 Å². The van der Waals surface area contributed by atoms with E-state index in [-0.39, 0.29) is 18.2 Å². The molecule has 5 heteroatoms. The SMILES string of the molecule is NC(CC(=O)Nc1ccc2ccccc2c1)=NO. The molecule has 5 nitrogen and oxygen atoms in total. The third-order valence-electron chi connectivity index (χ3n) is 2.50. The molecule has 0 radical (unpaired) electrons. The first-order chi connectivity index (χ1) is 8.69. The largest absolute Gasteiger partial charge is 0.409 e. The smallest absolute Gasteiger partial charge is 0.232 e. The molecule has 18 heavy (non-hydrogen) atoms. The molecule has 0 aromatic heterocycles. The van der Waals surface area contributed by atoms with Gasteiger partial charge in [0.15, 0.2) is 0 Å². The Morgan fingerprint density at radius 3 is 2.67 bits per heavy atom. The topological polar surface area (TPSA) is 87.7 Å². The number of nitrogens with two attached hydrogens (primary N) is 1. The monoisotopic (exact) mass is 243 g/mol. The van der Waals surface area contributed by atoms with Gasteiger partial charge in [0.2, 0.25) is 5.91 Å². The molecule has 0 atom stereocenters. The molecule has 2 rings (SSSR count). The summed E-state index contributed by atoms with van der Waals surface area (Å²) in [7, 11) is 0. The number of carbonyl (C=O) groups excluding carboxylic acids is 1. The highest BCUT2D eigenvalue weighted by Gasteiger charge is 2.05. The molecule has 1 amide bonds. The summed E-state index contributed by atoms with van der Waals surface area (Å²) in [5.74, 6) is -0.436. The lowest BCUT2D eigenvalue weighted by Gasteiger charge is -2.06. The van der Waals surface area contributed by atoms with Gasteiger partial charge in [-0.3, -0.25) is 4.79 Å². The van der Waals surface area contributed by atoms with Gasteiger partial charge in [-0.15, -0.1) is 0 Å². The van der Waals surface area contributed by atoms with E-state index in [1.54, 1.807) is 0 Å². The van der Waals surface area contributed by atoms with Gasteiger partial charge in [-0.2, -0.15) is 0 Å². The first kappa shape index (κ1) is 11.9. The summed E-state index contributed by atoms with van der Waals surface area (Å²) in [4.78, 5) is 11.5. The maximum absolute atomic E-state index is 11.5. The van der Waals surface area contributed by atoms with Crippen molar-refractivity contribution in [2.24, 2.45) is 10.9 Å². The molecule has 0 aliphatic heterocycles. The van der Waals surface area contributed by atoms with E-state index in [4.69, 9.17) is 10.9 Å². The second-order valence-corrected chi connectivity index (χ2v) is 3.88. The van der Waals surface area contributed by atoms with Crippen molar-refractivity contribution in [3.05, 3.63) is 42.5 Å². The fourth-order valence-electron chi connectivity index (χ4n) is 1.67. The highest BCUT2D eigenvalue weighted by molar-refractivity contribution is 6.05. The van der Waals surface area contributed by atoms with E-state index in [1.807, 2.05) is 42.5 Å². The number of hydrogen-bond acceptors (Lipinski definition) is 3. The summed E-state index contributed by atoms with van der Waals surface area (Å²) in [5, 5.41) is 16.0. The van der Waals surface area contributed by atoms with Crippen molar-refractivity contribution < 1.29 is 10.0 Å². The molecule has 0 heterocycles. The molecule has 0 aliphatic rings. The van der Waals surface area contributed by atoms with Gasteiger partial charge in [-0.25, -0.2) is 0 Å². The molecule has 0 aliphatic carbocycles. The second-order valence-electron chi connectivity index (χ2n) is 3.88. The van der Waals surface area contributed by atoms with E-state index in [9.17, 15) is 4.79 Å². The molecule has 0 spiro atoms. The van der Waals surface area contributed by atoms with Crippen LogP contribution in [0.4, 0.5) is 5.69 Å². The van der Waals surface area contributed by atoms with Gasteiger partial charge in [0, 0.05) is 5.69 Å². The molecule has 0 saturated heterocycles. The summed E-state index contributed by atoms with van der Waals surface area (Å²) in [6, 6.07) is 13.5. The first-order valence-electron chi connectivity index (χ1n) is 5.44. The van der Waals surface area contributed by atoms with Crippen molar-refractivity contribution in [3.8, 4) is 0 Å². The van der Waals surface area contributed by atoms with Crippen LogP contribution in [0, 0.1) is 0 Å². The zero-order chi connectivity index (χ0) is 13.0. The zero-order valence-electron chi connectivity index (χ0n) is 9.63. The Bertz CT molecular complexity index is 608. The lowest BCUT2D eigenvalue weighted by molar-refractivity contribution is -0.115. The van der Waals surface area contributed by atoms with Crippen LogP contribution in [0.5, 0.6) is 0 Å². The van der Waals surface area contributed by atoms with E-state index < -0.39 is 0 Å². The van der Waals surface area contributed by atoms with Crippen LogP contribution < -0.4 is 11.1 Å². The lowest BCUT2D eigenvalue weighted by Crippen LogP contribution is -2.21. The normalized spacial score (nSPS) is 11.4. The van der Waals surface area contributed by atoms with Crippen LogP contribution in [-0.4, -0.2) is 17.0 Å². The van der Waals surface area contributed by atoms with Crippen molar-refractivity contribution in [3.63, 3.8) is 0 Å². The Labute approximate surface area is 104 Å². The van der Waals surface area contributed by atoms with E-state index in [2.05, 4.69) is 10.5 Å². The number of nitrogens with one attached hydrogen (secondary N) is 1. The highest BCUT2D eigenvalue weighted by Crippen LogP contribution is 2.18. The van der Waals surface area contributed by atoms with Crippen LogP contribution in [0.3, 0.4) is 0 Å².